The molecule has 0 heterocycles. The highest BCUT2D eigenvalue weighted by atomic mass is 35.5. The van der Waals surface area contributed by atoms with Crippen LogP contribution in [0.25, 0.3) is 0 Å². The summed E-state index contributed by atoms with van der Waals surface area (Å²) in [5.41, 5.74) is 1.36. The molecule has 1 aromatic carbocycles. The summed E-state index contributed by atoms with van der Waals surface area (Å²) >= 11 is 5.87. The summed E-state index contributed by atoms with van der Waals surface area (Å²) in [4.78, 5) is 0. The van der Waals surface area contributed by atoms with Gasteiger partial charge in [0, 0.05) is 11.4 Å². The molecule has 0 radical (unpaired) electrons. The van der Waals surface area contributed by atoms with E-state index in [-0.39, 0.29) is 6.61 Å². The Morgan fingerprint density at radius 1 is 1.36 bits per heavy atom. The Hall–Kier alpha value is -0.570. The molecule has 2 N–H and O–H groups in total. The summed E-state index contributed by atoms with van der Waals surface area (Å²) in [5, 5.41) is 19.7. The number of benzene rings is 1. The molecule has 1 aromatic rings. The van der Waals surface area contributed by atoms with Gasteiger partial charge in [0.2, 0.25) is 0 Å². The minimum Gasteiger partial charge on any atom is -0.393 e. The highest BCUT2D eigenvalue weighted by Crippen LogP contribution is 2.30. The molecular formula is C11H13ClO2. The largest absolute Gasteiger partial charge is 0.393 e. The molecule has 1 atom stereocenters. The van der Waals surface area contributed by atoms with Crippen molar-refractivity contribution in [2.45, 2.75) is 24.9 Å². The zero-order valence-corrected chi connectivity index (χ0v) is 8.59. The summed E-state index contributed by atoms with van der Waals surface area (Å²) in [6.45, 7) is -0.172. The molecule has 0 aromatic heterocycles. The summed E-state index contributed by atoms with van der Waals surface area (Å²) in [7, 11) is 0. The number of aliphatic hydroxyl groups excluding tert-OH is 1. The molecule has 2 rings (SSSR count). The third kappa shape index (κ3) is 1.78. The van der Waals surface area contributed by atoms with Gasteiger partial charge in [-0.15, -0.1) is 0 Å². The van der Waals surface area contributed by atoms with Crippen LogP contribution in [-0.4, -0.2) is 22.4 Å². The first-order valence-corrected chi connectivity index (χ1v) is 5.11. The number of rotatable bonds is 1. The standard InChI is InChI=1S/C11H13ClO2/c12-10-2-1-9-6-11(14,7-13)4-3-8(9)5-10/h1-2,5,13-14H,3-4,6-7H2. The van der Waals surface area contributed by atoms with Gasteiger partial charge in [0.15, 0.2) is 0 Å². The molecule has 2 nitrogen and oxygen atoms in total. The van der Waals surface area contributed by atoms with Crippen LogP contribution in [-0.2, 0) is 12.8 Å². The Labute approximate surface area is 88.1 Å². The summed E-state index contributed by atoms with van der Waals surface area (Å²) in [6, 6.07) is 5.69. The van der Waals surface area contributed by atoms with Crippen molar-refractivity contribution in [3.05, 3.63) is 34.3 Å². The number of halogens is 1. The molecule has 3 heteroatoms. The summed E-state index contributed by atoms with van der Waals surface area (Å²) < 4.78 is 0. The van der Waals surface area contributed by atoms with Crippen molar-refractivity contribution in [1.29, 1.82) is 0 Å². The Morgan fingerprint density at radius 2 is 2.14 bits per heavy atom. The van der Waals surface area contributed by atoms with Crippen LogP contribution < -0.4 is 0 Å². The number of hydrogen-bond acceptors (Lipinski definition) is 2. The minimum atomic E-state index is -0.930. The monoisotopic (exact) mass is 212 g/mol. The lowest BCUT2D eigenvalue weighted by atomic mass is 9.81. The van der Waals surface area contributed by atoms with Gasteiger partial charge in [-0.25, -0.2) is 0 Å². The van der Waals surface area contributed by atoms with Gasteiger partial charge in [0.25, 0.3) is 0 Å². The van der Waals surface area contributed by atoms with Gasteiger partial charge in [-0.2, -0.15) is 0 Å². The predicted octanol–water partition coefficient (Wildman–Crippen LogP) is 1.55. The topological polar surface area (TPSA) is 40.5 Å². The number of hydrogen-bond donors (Lipinski definition) is 2. The van der Waals surface area contributed by atoms with Gasteiger partial charge < -0.3 is 10.2 Å². The fourth-order valence-electron chi connectivity index (χ4n) is 1.94. The highest BCUT2D eigenvalue weighted by molar-refractivity contribution is 6.30. The maximum atomic E-state index is 9.91. The SMILES string of the molecule is OCC1(O)CCc2cc(Cl)ccc2C1. The van der Waals surface area contributed by atoms with E-state index in [0.717, 1.165) is 17.0 Å². The van der Waals surface area contributed by atoms with E-state index in [1.54, 1.807) is 0 Å². The van der Waals surface area contributed by atoms with Gasteiger partial charge in [-0.3, -0.25) is 0 Å². The van der Waals surface area contributed by atoms with E-state index in [4.69, 9.17) is 16.7 Å². The lowest BCUT2D eigenvalue weighted by Crippen LogP contribution is -2.39. The molecule has 1 unspecified atom stereocenters. The second-order valence-electron chi connectivity index (χ2n) is 3.97. The second kappa shape index (κ2) is 3.54. The molecule has 14 heavy (non-hydrogen) atoms. The van der Waals surface area contributed by atoms with Crippen LogP contribution in [0.1, 0.15) is 17.5 Å². The van der Waals surface area contributed by atoms with Crippen molar-refractivity contribution in [3.8, 4) is 0 Å². The van der Waals surface area contributed by atoms with Gasteiger partial charge in [0.1, 0.15) is 0 Å². The van der Waals surface area contributed by atoms with Crippen LogP contribution in [0.4, 0.5) is 0 Å². The smallest absolute Gasteiger partial charge is 0.0920 e. The van der Waals surface area contributed by atoms with Crippen molar-refractivity contribution in [2.75, 3.05) is 6.61 Å². The zero-order valence-electron chi connectivity index (χ0n) is 7.83. The molecule has 0 spiro atoms. The number of aryl methyl sites for hydroxylation is 1. The van der Waals surface area contributed by atoms with E-state index in [0.29, 0.717) is 12.8 Å². The first-order chi connectivity index (χ1) is 6.63. The van der Waals surface area contributed by atoms with Crippen LogP contribution in [0.15, 0.2) is 18.2 Å². The van der Waals surface area contributed by atoms with E-state index in [1.165, 1.54) is 5.56 Å². The van der Waals surface area contributed by atoms with E-state index >= 15 is 0 Å². The fraction of sp³-hybridized carbons (Fsp3) is 0.455. The summed E-state index contributed by atoms with van der Waals surface area (Å²) in [6.07, 6.45) is 1.92. The van der Waals surface area contributed by atoms with Crippen molar-refractivity contribution in [1.82, 2.24) is 0 Å². The average molecular weight is 213 g/mol. The number of fused-ring (bicyclic) bond motifs is 1. The lowest BCUT2D eigenvalue weighted by molar-refractivity contribution is -0.0248. The number of aliphatic hydroxyl groups is 2. The third-order valence-corrected chi connectivity index (χ3v) is 3.08. The van der Waals surface area contributed by atoms with Crippen LogP contribution >= 0.6 is 11.6 Å². The maximum absolute atomic E-state index is 9.91. The third-order valence-electron chi connectivity index (χ3n) is 2.84. The Morgan fingerprint density at radius 3 is 2.86 bits per heavy atom. The lowest BCUT2D eigenvalue weighted by Gasteiger charge is -2.31. The maximum Gasteiger partial charge on any atom is 0.0920 e. The minimum absolute atomic E-state index is 0.172. The molecule has 0 bridgehead atoms. The van der Waals surface area contributed by atoms with Crippen LogP contribution in [0.5, 0.6) is 0 Å². The first kappa shape index (κ1) is 9.97. The second-order valence-corrected chi connectivity index (χ2v) is 4.41. The molecule has 0 saturated carbocycles. The summed E-state index contributed by atoms with van der Waals surface area (Å²) in [5.74, 6) is 0. The molecule has 76 valence electrons. The molecular weight excluding hydrogens is 200 g/mol. The van der Waals surface area contributed by atoms with E-state index in [9.17, 15) is 5.11 Å². The van der Waals surface area contributed by atoms with Crippen molar-refractivity contribution in [2.24, 2.45) is 0 Å². The average Bonchev–Trinajstić information content (AvgIpc) is 2.19. The molecule has 0 amide bonds. The van der Waals surface area contributed by atoms with Crippen molar-refractivity contribution >= 4 is 11.6 Å². The Balaban J connectivity index is 2.31. The van der Waals surface area contributed by atoms with Crippen LogP contribution in [0.3, 0.4) is 0 Å². The first-order valence-electron chi connectivity index (χ1n) is 4.73. The van der Waals surface area contributed by atoms with Gasteiger partial charge in [0.05, 0.1) is 12.2 Å². The molecule has 1 aliphatic carbocycles. The predicted molar refractivity (Wildman–Crippen MR) is 55.5 cm³/mol. The highest BCUT2D eigenvalue weighted by Gasteiger charge is 2.31. The van der Waals surface area contributed by atoms with Crippen molar-refractivity contribution in [3.63, 3.8) is 0 Å². The van der Waals surface area contributed by atoms with E-state index < -0.39 is 5.60 Å². The quantitative estimate of drug-likeness (QED) is 0.742. The van der Waals surface area contributed by atoms with Crippen LogP contribution in [0.2, 0.25) is 5.02 Å². The van der Waals surface area contributed by atoms with Gasteiger partial charge in [-0.05, 0) is 36.1 Å². The molecule has 1 aliphatic rings. The fourth-order valence-corrected chi connectivity index (χ4v) is 2.14. The molecule has 0 fully saturated rings. The Bertz CT molecular complexity index is 351. The molecule has 0 saturated heterocycles. The molecule has 0 aliphatic heterocycles. The van der Waals surface area contributed by atoms with E-state index in [1.807, 2.05) is 18.2 Å². The normalized spacial score (nSPS) is 25.9. The van der Waals surface area contributed by atoms with Crippen molar-refractivity contribution < 1.29 is 10.2 Å². The van der Waals surface area contributed by atoms with Crippen LogP contribution in [0, 0.1) is 0 Å². The van der Waals surface area contributed by atoms with E-state index in [2.05, 4.69) is 0 Å². The zero-order chi connectivity index (χ0) is 10.2. The Kier molecular flexibility index (Phi) is 2.52. The van der Waals surface area contributed by atoms with Gasteiger partial charge >= 0.3 is 0 Å². The van der Waals surface area contributed by atoms with Gasteiger partial charge in [-0.1, -0.05) is 17.7 Å².